The number of nitrogens with zero attached hydrogens (tertiary/aromatic N) is 2. The van der Waals surface area contributed by atoms with E-state index in [-0.39, 0.29) is 28.6 Å². The van der Waals surface area contributed by atoms with Gasteiger partial charge in [-0.2, -0.15) is 0 Å². The Balaban J connectivity index is 1.62. The Morgan fingerprint density at radius 1 is 1.23 bits per heavy atom. The predicted octanol–water partition coefficient (Wildman–Crippen LogP) is 3.88. The molecule has 6 heteroatoms. The van der Waals surface area contributed by atoms with Crippen molar-refractivity contribution in [1.29, 1.82) is 0 Å². The number of hydrogen-bond donors (Lipinski definition) is 0. The molecule has 1 heterocycles. The van der Waals surface area contributed by atoms with E-state index in [0.717, 1.165) is 32.2 Å². The highest BCUT2D eigenvalue weighted by molar-refractivity contribution is 6.33. The molecular formula is C20H24ClFN2O2. The maximum Gasteiger partial charge on any atom is 0.258 e. The van der Waals surface area contributed by atoms with Crippen LogP contribution in [0.2, 0.25) is 5.02 Å². The fraction of sp³-hybridized carbons (Fsp3) is 0.600. The predicted molar refractivity (Wildman–Crippen MR) is 97.6 cm³/mol. The van der Waals surface area contributed by atoms with Gasteiger partial charge in [-0.3, -0.25) is 9.59 Å². The van der Waals surface area contributed by atoms with Gasteiger partial charge in [0, 0.05) is 13.1 Å². The first-order chi connectivity index (χ1) is 12.5. The molecule has 0 unspecified atom stereocenters. The summed E-state index contributed by atoms with van der Waals surface area (Å²) >= 11 is 6.08. The lowest BCUT2D eigenvalue weighted by atomic mass is 9.78. The van der Waals surface area contributed by atoms with E-state index in [0.29, 0.717) is 12.5 Å². The van der Waals surface area contributed by atoms with Gasteiger partial charge < -0.3 is 9.80 Å². The quantitative estimate of drug-likeness (QED) is 0.800. The van der Waals surface area contributed by atoms with Gasteiger partial charge in [-0.25, -0.2) is 4.39 Å². The highest BCUT2D eigenvalue weighted by Gasteiger charge is 2.48. The summed E-state index contributed by atoms with van der Waals surface area (Å²) in [5, 5.41) is 0.0977. The van der Waals surface area contributed by atoms with E-state index in [4.69, 9.17) is 11.6 Å². The summed E-state index contributed by atoms with van der Waals surface area (Å²) in [6.07, 6.45) is 7.51. The molecule has 2 saturated carbocycles. The summed E-state index contributed by atoms with van der Waals surface area (Å²) in [7, 11) is 0. The maximum absolute atomic E-state index is 14.2. The van der Waals surface area contributed by atoms with Crippen LogP contribution in [0, 0.1) is 11.7 Å². The first kappa shape index (κ1) is 17.8. The molecule has 4 rings (SSSR count). The Labute approximate surface area is 158 Å². The second kappa shape index (κ2) is 6.84. The van der Waals surface area contributed by atoms with E-state index in [1.54, 1.807) is 0 Å². The molecule has 2 amide bonds. The van der Waals surface area contributed by atoms with Gasteiger partial charge in [-0.05, 0) is 43.7 Å². The Hall–Kier alpha value is -1.62. The first-order valence-electron chi connectivity index (χ1n) is 9.54. The number of carbonyl (C=O) groups excluding carboxylic acids is 2. The molecule has 3 aliphatic rings. The number of rotatable bonds is 3. The van der Waals surface area contributed by atoms with Crippen LogP contribution < -0.4 is 0 Å². The normalized spacial score (nSPS) is 22.8. The van der Waals surface area contributed by atoms with Crippen molar-refractivity contribution >= 4 is 23.4 Å². The highest BCUT2D eigenvalue weighted by atomic mass is 35.5. The standard InChI is InChI=1S/C20H24ClFN2O2/c21-15-5-4-6-16(22)18(15)19(26)23-12-17(25)24(11-14-7-8-14)20(13-23)9-2-1-3-10-20/h4-6,14H,1-3,7-13H2. The summed E-state index contributed by atoms with van der Waals surface area (Å²) in [4.78, 5) is 29.5. The summed E-state index contributed by atoms with van der Waals surface area (Å²) in [6, 6.07) is 4.23. The van der Waals surface area contributed by atoms with Crippen LogP contribution in [0.5, 0.6) is 0 Å². The van der Waals surface area contributed by atoms with Crippen LogP contribution in [0.15, 0.2) is 18.2 Å². The molecule has 140 valence electrons. The molecule has 3 fully saturated rings. The third kappa shape index (κ3) is 3.22. The molecule has 1 aromatic rings. The zero-order chi connectivity index (χ0) is 18.3. The lowest BCUT2D eigenvalue weighted by Gasteiger charge is -2.52. The smallest absolute Gasteiger partial charge is 0.258 e. The number of benzene rings is 1. The summed E-state index contributed by atoms with van der Waals surface area (Å²) in [5.41, 5.74) is -0.410. The molecule has 1 spiro atoms. The van der Waals surface area contributed by atoms with Gasteiger partial charge in [0.25, 0.3) is 5.91 Å². The minimum atomic E-state index is -0.631. The van der Waals surface area contributed by atoms with Crippen LogP contribution >= 0.6 is 11.6 Å². The van der Waals surface area contributed by atoms with E-state index in [2.05, 4.69) is 4.90 Å². The zero-order valence-corrected chi connectivity index (χ0v) is 15.6. The maximum atomic E-state index is 14.2. The van der Waals surface area contributed by atoms with E-state index >= 15 is 0 Å². The fourth-order valence-electron chi connectivity index (χ4n) is 4.51. The van der Waals surface area contributed by atoms with Crippen LogP contribution in [-0.4, -0.2) is 46.8 Å². The number of carbonyl (C=O) groups is 2. The van der Waals surface area contributed by atoms with Crippen molar-refractivity contribution in [3.63, 3.8) is 0 Å². The van der Waals surface area contributed by atoms with E-state index in [9.17, 15) is 14.0 Å². The Bertz CT molecular complexity index is 708. The fourth-order valence-corrected chi connectivity index (χ4v) is 4.75. The largest absolute Gasteiger partial charge is 0.333 e. The SMILES string of the molecule is O=C(c1c(F)cccc1Cl)N1CC(=O)N(CC2CC2)C2(CCCCC2)C1. The molecule has 0 N–H and O–H groups in total. The third-order valence-electron chi connectivity index (χ3n) is 6.07. The second-order valence-corrected chi connectivity index (χ2v) is 8.40. The molecule has 1 saturated heterocycles. The third-order valence-corrected chi connectivity index (χ3v) is 6.39. The number of piperazine rings is 1. The van der Waals surface area contributed by atoms with Crippen LogP contribution in [0.4, 0.5) is 4.39 Å². The van der Waals surface area contributed by atoms with Crippen molar-refractivity contribution in [1.82, 2.24) is 9.80 Å². The lowest BCUT2D eigenvalue weighted by molar-refractivity contribution is -0.147. The van der Waals surface area contributed by atoms with Crippen LogP contribution in [0.1, 0.15) is 55.3 Å². The van der Waals surface area contributed by atoms with Crippen molar-refractivity contribution in [3.05, 3.63) is 34.6 Å². The Kier molecular flexibility index (Phi) is 4.68. The number of amides is 2. The average molecular weight is 379 g/mol. The van der Waals surface area contributed by atoms with Crippen molar-refractivity contribution in [2.45, 2.75) is 50.5 Å². The molecule has 4 nitrogen and oxygen atoms in total. The van der Waals surface area contributed by atoms with E-state index < -0.39 is 11.7 Å². The second-order valence-electron chi connectivity index (χ2n) is 7.99. The summed E-state index contributed by atoms with van der Waals surface area (Å²) < 4.78 is 14.2. The molecule has 2 aliphatic carbocycles. The van der Waals surface area contributed by atoms with Crippen molar-refractivity contribution in [2.24, 2.45) is 5.92 Å². The Morgan fingerprint density at radius 2 is 1.96 bits per heavy atom. The van der Waals surface area contributed by atoms with Gasteiger partial charge in [-0.15, -0.1) is 0 Å². The topological polar surface area (TPSA) is 40.6 Å². The first-order valence-corrected chi connectivity index (χ1v) is 9.92. The highest BCUT2D eigenvalue weighted by Crippen LogP contribution is 2.41. The molecule has 0 bridgehead atoms. The minimum absolute atomic E-state index is 0.00846. The molecule has 0 atom stereocenters. The average Bonchev–Trinajstić information content (AvgIpc) is 3.43. The van der Waals surface area contributed by atoms with Gasteiger partial charge in [0.1, 0.15) is 12.4 Å². The number of halogens is 2. The van der Waals surface area contributed by atoms with Crippen molar-refractivity contribution in [2.75, 3.05) is 19.6 Å². The van der Waals surface area contributed by atoms with Gasteiger partial charge in [0.2, 0.25) is 5.91 Å². The lowest BCUT2D eigenvalue weighted by Crippen LogP contribution is -2.66. The van der Waals surface area contributed by atoms with Crippen molar-refractivity contribution < 1.29 is 14.0 Å². The van der Waals surface area contributed by atoms with Crippen LogP contribution in [-0.2, 0) is 4.79 Å². The van der Waals surface area contributed by atoms with Crippen LogP contribution in [0.3, 0.4) is 0 Å². The van der Waals surface area contributed by atoms with Gasteiger partial charge in [-0.1, -0.05) is 36.9 Å². The minimum Gasteiger partial charge on any atom is -0.333 e. The van der Waals surface area contributed by atoms with Gasteiger partial charge in [0.15, 0.2) is 0 Å². The Morgan fingerprint density at radius 3 is 2.62 bits per heavy atom. The molecule has 1 aliphatic heterocycles. The van der Waals surface area contributed by atoms with Crippen LogP contribution in [0.25, 0.3) is 0 Å². The zero-order valence-electron chi connectivity index (χ0n) is 14.8. The number of hydrogen-bond acceptors (Lipinski definition) is 2. The summed E-state index contributed by atoms with van der Waals surface area (Å²) in [5.74, 6) is -0.502. The van der Waals surface area contributed by atoms with E-state index in [1.807, 2.05) is 0 Å². The van der Waals surface area contributed by atoms with E-state index in [1.165, 1.54) is 42.4 Å². The molecule has 0 aromatic heterocycles. The molecular weight excluding hydrogens is 355 g/mol. The van der Waals surface area contributed by atoms with Crippen molar-refractivity contribution in [3.8, 4) is 0 Å². The monoisotopic (exact) mass is 378 g/mol. The summed E-state index contributed by atoms with van der Waals surface area (Å²) in [6.45, 7) is 1.30. The molecule has 1 aromatic carbocycles. The molecule has 0 radical (unpaired) electrons. The molecule has 26 heavy (non-hydrogen) atoms. The van der Waals surface area contributed by atoms with Gasteiger partial charge >= 0.3 is 0 Å². The van der Waals surface area contributed by atoms with Gasteiger partial charge in [0.05, 0.1) is 16.1 Å².